The lowest BCUT2D eigenvalue weighted by atomic mass is 9.86. The van der Waals surface area contributed by atoms with Gasteiger partial charge in [-0.05, 0) is 43.4 Å². The lowest BCUT2D eigenvalue weighted by Crippen LogP contribution is -2.48. The van der Waals surface area contributed by atoms with E-state index < -0.39 is 24.5 Å². The van der Waals surface area contributed by atoms with Gasteiger partial charge < -0.3 is 15.2 Å². The van der Waals surface area contributed by atoms with Crippen molar-refractivity contribution in [3.8, 4) is 5.75 Å². The second-order valence-corrected chi connectivity index (χ2v) is 6.49. The number of carbonyl (C=O) groups excluding carboxylic acids is 3. The van der Waals surface area contributed by atoms with Gasteiger partial charge in [0.05, 0.1) is 0 Å². The summed E-state index contributed by atoms with van der Waals surface area (Å²) in [5.41, 5.74) is 0.763. The number of rotatable bonds is 4. The summed E-state index contributed by atoms with van der Waals surface area (Å²) in [6.07, 6.45) is 4.16. The molecular formula is C18H24N2O5. The third-order valence-electron chi connectivity index (χ3n) is 4.39. The quantitative estimate of drug-likeness (QED) is 0.724. The lowest BCUT2D eigenvalue weighted by molar-refractivity contribution is -0.123. The molecule has 1 fully saturated rings. The number of aromatic hydroxyl groups is 1. The van der Waals surface area contributed by atoms with E-state index >= 15 is 0 Å². The number of urea groups is 1. The van der Waals surface area contributed by atoms with E-state index in [0.29, 0.717) is 5.92 Å². The third-order valence-corrected chi connectivity index (χ3v) is 4.39. The average Bonchev–Trinajstić information content (AvgIpc) is 2.54. The van der Waals surface area contributed by atoms with E-state index in [1.807, 2.05) is 0 Å². The molecule has 136 valence electrons. The fourth-order valence-electron chi connectivity index (χ4n) is 2.92. The minimum absolute atomic E-state index is 0.0288. The molecule has 2 rings (SSSR count). The molecule has 1 aromatic carbocycles. The molecule has 1 saturated carbocycles. The number of imide groups is 1. The van der Waals surface area contributed by atoms with E-state index in [1.54, 1.807) is 13.0 Å². The molecule has 1 aliphatic rings. The Hall–Kier alpha value is -2.57. The number of phenolic OH excluding ortho intramolecular Hbond substituents is 1. The van der Waals surface area contributed by atoms with Crippen LogP contribution in [0.2, 0.25) is 0 Å². The van der Waals surface area contributed by atoms with Gasteiger partial charge in [-0.1, -0.05) is 25.8 Å². The summed E-state index contributed by atoms with van der Waals surface area (Å²) < 4.78 is 4.83. The van der Waals surface area contributed by atoms with Gasteiger partial charge in [0.15, 0.2) is 6.61 Å². The van der Waals surface area contributed by atoms with Gasteiger partial charge in [-0.3, -0.25) is 10.1 Å². The van der Waals surface area contributed by atoms with E-state index in [2.05, 4.69) is 17.6 Å². The first-order chi connectivity index (χ1) is 11.9. The maximum Gasteiger partial charge on any atom is 0.342 e. The van der Waals surface area contributed by atoms with Crippen molar-refractivity contribution in [2.24, 2.45) is 5.92 Å². The zero-order valence-electron chi connectivity index (χ0n) is 14.5. The Labute approximate surface area is 146 Å². The van der Waals surface area contributed by atoms with Crippen molar-refractivity contribution in [2.75, 3.05) is 6.61 Å². The van der Waals surface area contributed by atoms with Crippen LogP contribution in [0.3, 0.4) is 0 Å². The summed E-state index contributed by atoms with van der Waals surface area (Å²) in [5.74, 6) is -1.39. The summed E-state index contributed by atoms with van der Waals surface area (Å²) in [6.45, 7) is 3.25. The normalized spacial score (nSPS) is 19.8. The summed E-state index contributed by atoms with van der Waals surface area (Å²) in [4.78, 5) is 35.5. The number of benzene rings is 1. The fourth-order valence-corrected chi connectivity index (χ4v) is 2.92. The predicted molar refractivity (Wildman–Crippen MR) is 91.2 cm³/mol. The van der Waals surface area contributed by atoms with Crippen molar-refractivity contribution in [1.82, 2.24) is 10.6 Å². The SMILES string of the molecule is Cc1ccc(C(=O)OCC(=O)NC(=O)N[C@@H]2CCCC[C@@H]2C)c(O)c1. The van der Waals surface area contributed by atoms with E-state index in [1.165, 1.54) is 12.1 Å². The van der Waals surface area contributed by atoms with Gasteiger partial charge >= 0.3 is 12.0 Å². The molecule has 2 atom stereocenters. The van der Waals surface area contributed by atoms with Gasteiger partial charge in [0, 0.05) is 6.04 Å². The molecule has 0 bridgehead atoms. The van der Waals surface area contributed by atoms with Crippen LogP contribution in [0.15, 0.2) is 18.2 Å². The highest BCUT2D eigenvalue weighted by Crippen LogP contribution is 2.23. The summed E-state index contributed by atoms with van der Waals surface area (Å²) >= 11 is 0. The molecule has 0 heterocycles. The van der Waals surface area contributed by atoms with Gasteiger partial charge in [0.2, 0.25) is 0 Å². The van der Waals surface area contributed by atoms with Crippen molar-refractivity contribution >= 4 is 17.9 Å². The Morgan fingerprint density at radius 1 is 1.24 bits per heavy atom. The van der Waals surface area contributed by atoms with Crippen LogP contribution in [0.5, 0.6) is 5.75 Å². The topological polar surface area (TPSA) is 105 Å². The highest BCUT2D eigenvalue weighted by molar-refractivity contribution is 5.97. The molecule has 0 saturated heterocycles. The van der Waals surface area contributed by atoms with Crippen LogP contribution in [0.4, 0.5) is 4.79 Å². The van der Waals surface area contributed by atoms with Gasteiger partial charge in [-0.2, -0.15) is 0 Å². The second-order valence-electron chi connectivity index (χ2n) is 6.49. The summed E-state index contributed by atoms with van der Waals surface area (Å²) in [5, 5.41) is 14.6. The van der Waals surface area contributed by atoms with Crippen LogP contribution in [0.25, 0.3) is 0 Å². The van der Waals surface area contributed by atoms with Gasteiger partial charge in [-0.25, -0.2) is 9.59 Å². The molecule has 1 aromatic rings. The number of nitrogens with one attached hydrogen (secondary N) is 2. The molecule has 0 radical (unpaired) electrons. The Morgan fingerprint density at radius 2 is 1.96 bits per heavy atom. The van der Waals surface area contributed by atoms with Gasteiger partial charge in [0.1, 0.15) is 11.3 Å². The van der Waals surface area contributed by atoms with Crippen molar-refractivity contribution in [2.45, 2.75) is 45.6 Å². The third kappa shape index (κ3) is 5.48. The fraction of sp³-hybridized carbons (Fsp3) is 0.500. The predicted octanol–water partition coefficient (Wildman–Crippen LogP) is 2.26. The Morgan fingerprint density at radius 3 is 2.64 bits per heavy atom. The number of ether oxygens (including phenoxy) is 1. The lowest BCUT2D eigenvalue weighted by Gasteiger charge is -2.29. The van der Waals surface area contributed by atoms with E-state index in [9.17, 15) is 19.5 Å². The smallest absolute Gasteiger partial charge is 0.342 e. The number of hydrogen-bond acceptors (Lipinski definition) is 5. The van der Waals surface area contributed by atoms with Crippen LogP contribution < -0.4 is 10.6 Å². The van der Waals surface area contributed by atoms with Crippen LogP contribution in [0.1, 0.15) is 48.5 Å². The molecule has 0 aliphatic heterocycles. The highest BCUT2D eigenvalue weighted by Gasteiger charge is 2.23. The van der Waals surface area contributed by atoms with E-state index in [4.69, 9.17) is 4.74 Å². The molecule has 7 heteroatoms. The maximum atomic E-state index is 11.9. The number of esters is 1. The van der Waals surface area contributed by atoms with E-state index in [-0.39, 0.29) is 17.4 Å². The first-order valence-electron chi connectivity index (χ1n) is 8.44. The number of amides is 3. The van der Waals surface area contributed by atoms with Crippen molar-refractivity contribution < 1.29 is 24.2 Å². The number of phenols is 1. The molecule has 0 spiro atoms. The first kappa shape index (κ1) is 18.8. The Balaban J connectivity index is 1.77. The highest BCUT2D eigenvalue weighted by atomic mass is 16.5. The Bertz CT molecular complexity index is 659. The molecule has 7 nitrogen and oxygen atoms in total. The van der Waals surface area contributed by atoms with Crippen molar-refractivity contribution in [3.05, 3.63) is 29.3 Å². The molecular weight excluding hydrogens is 324 g/mol. The molecule has 1 aliphatic carbocycles. The first-order valence-corrected chi connectivity index (χ1v) is 8.44. The van der Waals surface area contributed by atoms with Crippen LogP contribution in [-0.2, 0) is 9.53 Å². The maximum absolute atomic E-state index is 11.9. The van der Waals surface area contributed by atoms with Crippen LogP contribution in [0, 0.1) is 12.8 Å². The minimum atomic E-state index is -0.825. The Kier molecular flexibility index (Phi) is 6.38. The zero-order chi connectivity index (χ0) is 18.4. The molecule has 3 N–H and O–H groups in total. The zero-order valence-corrected chi connectivity index (χ0v) is 14.5. The van der Waals surface area contributed by atoms with Gasteiger partial charge in [0.25, 0.3) is 5.91 Å². The van der Waals surface area contributed by atoms with Gasteiger partial charge in [-0.15, -0.1) is 0 Å². The van der Waals surface area contributed by atoms with Crippen molar-refractivity contribution in [1.29, 1.82) is 0 Å². The van der Waals surface area contributed by atoms with Crippen LogP contribution >= 0.6 is 0 Å². The number of hydrogen-bond donors (Lipinski definition) is 3. The van der Waals surface area contributed by atoms with Crippen LogP contribution in [-0.4, -0.2) is 35.7 Å². The molecule has 3 amide bonds. The monoisotopic (exact) mass is 348 g/mol. The number of carbonyl (C=O) groups is 3. The average molecular weight is 348 g/mol. The molecule has 0 aromatic heterocycles. The number of aryl methyl sites for hydroxylation is 1. The summed E-state index contributed by atoms with van der Waals surface area (Å²) in [7, 11) is 0. The largest absolute Gasteiger partial charge is 0.507 e. The molecule has 25 heavy (non-hydrogen) atoms. The second kappa shape index (κ2) is 8.50. The van der Waals surface area contributed by atoms with E-state index in [0.717, 1.165) is 31.2 Å². The minimum Gasteiger partial charge on any atom is -0.507 e. The van der Waals surface area contributed by atoms with Crippen molar-refractivity contribution in [3.63, 3.8) is 0 Å². The standard InChI is InChI=1S/C18H24N2O5/c1-11-7-8-13(15(21)9-11)17(23)25-10-16(22)20-18(24)19-14-6-4-3-5-12(14)2/h7-9,12,14,21H,3-6,10H2,1-2H3,(H2,19,20,22,24)/t12-,14+/m0/s1. The summed E-state index contributed by atoms with van der Waals surface area (Å²) in [6, 6.07) is 3.96. The molecule has 0 unspecified atom stereocenters.